The summed E-state index contributed by atoms with van der Waals surface area (Å²) in [5, 5.41) is 12.4. The van der Waals surface area contributed by atoms with Crippen molar-refractivity contribution in [2.75, 3.05) is 19.6 Å². The summed E-state index contributed by atoms with van der Waals surface area (Å²) in [4.78, 5) is 26.4. The maximum absolute atomic E-state index is 12.4. The van der Waals surface area contributed by atoms with Crippen molar-refractivity contribution in [3.05, 3.63) is 64.7 Å². The van der Waals surface area contributed by atoms with E-state index in [-0.39, 0.29) is 24.1 Å². The molecule has 1 saturated heterocycles. The highest BCUT2D eigenvalue weighted by molar-refractivity contribution is 6.33. The smallest absolute Gasteiger partial charge is 0.253 e. The van der Waals surface area contributed by atoms with Crippen LogP contribution in [0, 0.1) is 5.92 Å². The molecular weight excluding hydrogens is 376 g/mol. The van der Waals surface area contributed by atoms with E-state index in [1.807, 2.05) is 17.0 Å². The zero-order valence-electron chi connectivity index (χ0n) is 15.7. The Kier molecular flexibility index (Phi) is 6.93. The molecular formula is C22H25ClN2O3. The Bertz CT molecular complexity index is 815. The van der Waals surface area contributed by atoms with E-state index >= 15 is 0 Å². The molecule has 1 heterocycles. The number of aryl methyl sites for hydroxylation is 1. The topological polar surface area (TPSA) is 69.6 Å². The Labute approximate surface area is 170 Å². The predicted octanol–water partition coefficient (Wildman–Crippen LogP) is 3.65. The Morgan fingerprint density at radius 1 is 1.07 bits per heavy atom. The summed E-state index contributed by atoms with van der Waals surface area (Å²) < 4.78 is 0. The molecule has 0 aliphatic carbocycles. The third-order valence-corrected chi connectivity index (χ3v) is 5.59. The van der Waals surface area contributed by atoms with Gasteiger partial charge in [-0.15, -0.1) is 0 Å². The highest BCUT2D eigenvalue weighted by atomic mass is 35.5. The number of halogens is 1. The van der Waals surface area contributed by atoms with E-state index < -0.39 is 0 Å². The minimum absolute atomic E-state index is 0.0117. The Morgan fingerprint density at radius 3 is 2.43 bits per heavy atom. The molecule has 0 unspecified atom stereocenters. The highest BCUT2D eigenvalue weighted by Gasteiger charge is 2.23. The molecule has 0 aromatic heterocycles. The molecule has 0 atom stereocenters. The minimum atomic E-state index is -0.331. The fourth-order valence-electron chi connectivity index (χ4n) is 3.51. The van der Waals surface area contributed by atoms with Crippen molar-refractivity contribution in [2.45, 2.75) is 25.7 Å². The van der Waals surface area contributed by atoms with Gasteiger partial charge >= 0.3 is 0 Å². The number of hydrogen-bond donors (Lipinski definition) is 2. The number of phenolic OH excluding ortho intramolecular Hbond substituents is 1. The van der Waals surface area contributed by atoms with E-state index in [9.17, 15) is 14.7 Å². The average Bonchev–Trinajstić information content (AvgIpc) is 2.72. The van der Waals surface area contributed by atoms with Gasteiger partial charge < -0.3 is 15.3 Å². The molecule has 2 aromatic rings. The van der Waals surface area contributed by atoms with Crippen molar-refractivity contribution in [2.24, 2.45) is 5.92 Å². The van der Waals surface area contributed by atoms with Gasteiger partial charge in [-0.3, -0.25) is 9.59 Å². The fraction of sp³-hybridized carbons (Fsp3) is 0.364. The summed E-state index contributed by atoms with van der Waals surface area (Å²) in [6.07, 6.45) is 4.01. The number of carbonyl (C=O) groups is 2. The van der Waals surface area contributed by atoms with E-state index in [0.29, 0.717) is 16.5 Å². The van der Waals surface area contributed by atoms with Crippen LogP contribution in [-0.4, -0.2) is 41.5 Å². The third-order valence-electron chi connectivity index (χ3n) is 5.26. The van der Waals surface area contributed by atoms with Crippen LogP contribution in [0.1, 0.15) is 35.2 Å². The second-order valence-corrected chi connectivity index (χ2v) is 7.60. The highest BCUT2D eigenvalue weighted by Crippen LogP contribution is 2.23. The maximum Gasteiger partial charge on any atom is 0.253 e. The van der Waals surface area contributed by atoms with Gasteiger partial charge in [-0.1, -0.05) is 35.9 Å². The van der Waals surface area contributed by atoms with Crippen LogP contribution < -0.4 is 5.32 Å². The molecule has 3 rings (SSSR count). The van der Waals surface area contributed by atoms with Gasteiger partial charge in [-0.05, 0) is 61.4 Å². The molecule has 0 radical (unpaired) electrons. The minimum Gasteiger partial charge on any atom is -0.508 e. The van der Waals surface area contributed by atoms with Gasteiger partial charge in [0.25, 0.3) is 5.91 Å². The number of rotatable bonds is 6. The molecule has 1 fully saturated rings. The number of nitrogens with one attached hydrogen (secondary N) is 1. The Hall–Kier alpha value is -2.53. The number of likely N-dealkylation sites (tertiary alicyclic amines) is 1. The molecule has 0 bridgehead atoms. The molecule has 2 N–H and O–H groups in total. The Morgan fingerprint density at radius 2 is 1.75 bits per heavy atom. The van der Waals surface area contributed by atoms with E-state index in [0.717, 1.165) is 38.8 Å². The lowest BCUT2D eigenvalue weighted by molar-refractivity contribution is -0.131. The van der Waals surface area contributed by atoms with Gasteiger partial charge in [0.15, 0.2) is 0 Å². The molecule has 0 spiro atoms. The lowest BCUT2D eigenvalue weighted by Crippen LogP contribution is -2.44. The van der Waals surface area contributed by atoms with Crippen LogP contribution in [0.25, 0.3) is 0 Å². The van der Waals surface area contributed by atoms with Crippen molar-refractivity contribution in [3.8, 4) is 5.75 Å². The van der Waals surface area contributed by atoms with Gasteiger partial charge in [0.1, 0.15) is 5.75 Å². The molecule has 0 saturated carbocycles. The maximum atomic E-state index is 12.4. The summed E-state index contributed by atoms with van der Waals surface area (Å²) in [7, 11) is 0. The zero-order chi connectivity index (χ0) is 19.9. The number of carbonyl (C=O) groups excluding carboxylic acids is 2. The first-order valence-electron chi connectivity index (χ1n) is 9.61. The van der Waals surface area contributed by atoms with Crippen molar-refractivity contribution >= 4 is 23.4 Å². The summed E-state index contributed by atoms with van der Waals surface area (Å²) in [6, 6.07) is 14.1. The molecule has 5 nitrogen and oxygen atoms in total. The van der Waals surface area contributed by atoms with Crippen molar-refractivity contribution in [3.63, 3.8) is 0 Å². The van der Waals surface area contributed by atoms with E-state index in [1.165, 1.54) is 5.56 Å². The van der Waals surface area contributed by atoms with Crippen LogP contribution >= 0.6 is 11.6 Å². The van der Waals surface area contributed by atoms with Gasteiger partial charge in [0, 0.05) is 13.1 Å². The summed E-state index contributed by atoms with van der Waals surface area (Å²) in [5.74, 6) is 0.493. The number of piperidine rings is 1. The second kappa shape index (κ2) is 9.60. The molecule has 1 aliphatic heterocycles. The Balaban J connectivity index is 1.39. The van der Waals surface area contributed by atoms with Crippen LogP contribution in [0.15, 0.2) is 48.5 Å². The van der Waals surface area contributed by atoms with Crippen LogP contribution in [0.5, 0.6) is 5.75 Å². The average molecular weight is 401 g/mol. The van der Waals surface area contributed by atoms with E-state index in [1.54, 1.807) is 36.4 Å². The van der Waals surface area contributed by atoms with Crippen molar-refractivity contribution in [1.29, 1.82) is 0 Å². The van der Waals surface area contributed by atoms with Crippen molar-refractivity contribution in [1.82, 2.24) is 10.2 Å². The van der Waals surface area contributed by atoms with E-state index in [2.05, 4.69) is 5.32 Å². The summed E-state index contributed by atoms with van der Waals surface area (Å²) >= 11 is 6.01. The molecule has 28 heavy (non-hydrogen) atoms. The summed E-state index contributed by atoms with van der Waals surface area (Å²) in [5.41, 5.74) is 1.60. The first-order valence-corrected chi connectivity index (χ1v) is 9.99. The number of phenols is 1. The van der Waals surface area contributed by atoms with Gasteiger partial charge in [-0.25, -0.2) is 0 Å². The number of benzene rings is 2. The fourth-order valence-corrected chi connectivity index (χ4v) is 3.73. The largest absolute Gasteiger partial charge is 0.508 e. The lowest BCUT2D eigenvalue weighted by Gasteiger charge is -2.32. The van der Waals surface area contributed by atoms with Crippen LogP contribution in [0.2, 0.25) is 5.02 Å². The molecule has 2 aromatic carbocycles. The SMILES string of the molecule is O=C(NCC(=O)N1CCC(CCc2ccc(O)cc2)CC1)c1ccccc1Cl. The first-order chi connectivity index (χ1) is 13.5. The lowest BCUT2D eigenvalue weighted by atomic mass is 9.90. The summed E-state index contributed by atoms with van der Waals surface area (Å²) in [6.45, 7) is 1.43. The van der Waals surface area contributed by atoms with E-state index in [4.69, 9.17) is 11.6 Å². The monoisotopic (exact) mass is 400 g/mol. The molecule has 1 aliphatic rings. The van der Waals surface area contributed by atoms with Crippen LogP contribution in [-0.2, 0) is 11.2 Å². The first kappa shape index (κ1) is 20.2. The number of nitrogens with zero attached hydrogens (tertiary/aromatic N) is 1. The predicted molar refractivity (Wildman–Crippen MR) is 110 cm³/mol. The van der Waals surface area contributed by atoms with Gasteiger partial charge in [-0.2, -0.15) is 0 Å². The molecule has 148 valence electrons. The third kappa shape index (κ3) is 5.49. The number of amides is 2. The number of aromatic hydroxyl groups is 1. The van der Waals surface area contributed by atoms with Gasteiger partial charge in [0.05, 0.1) is 17.1 Å². The number of hydrogen-bond acceptors (Lipinski definition) is 3. The molecule has 6 heteroatoms. The standard InChI is InChI=1S/C22H25ClN2O3/c23-20-4-2-1-3-19(20)22(28)24-15-21(27)25-13-11-17(12-14-25)6-5-16-7-9-18(26)10-8-16/h1-4,7-10,17,26H,5-6,11-15H2,(H,24,28). The van der Waals surface area contributed by atoms with Crippen LogP contribution in [0.4, 0.5) is 0 Å². The van der Waals surface area contributed by atoms with Crippen LogP contribution in [0.3, 0.4) is 0 Å². The second-order valence-electron chi connectivity index (χ2n) is 7.19. The van der Waals surface area contributed by atoms with Crippen molar-refractivity contribution < 1.29 is 14.7 Å². The normalized spacial score (nSPS) is 14.7. The molecule has 2 amide bonds. The zero-order valence-corrected chi connectivity index (χ0v) is 16.5. The van der Waals surface area contributed by atoms with Gasteiger partial charge in [0.2, 0.25) is 5.91 Å². The quantitative estimate of drug-likeness (QED) is 0.777.